The van der Waals surface area contributed by atoms with Crippen molar-refractivity contribution in [1.82, 2.24) is 0 Å². The Morgan fingerprint density at radius 3 is 0.925 bits per heavy atom. The molecule has 17 aliphatic rings. The molecule has 0 aliphatic heterocycles. The monoisotopic (exact) mass is 1860 g/mol. The molecule has 0 nitrogen and oxygen atoms in total. The fraction of sp³-hybridized carbons (Fsp3) is 0.936. The average molecular weight is 1870 g/mol. The van der Waals surface area contributed by atoms with Crippen LogP contribution in [0.15, 0.2) is 0 Å². The summed E-state index contributed by atoms with van der Waals surface area (Å²) in [4.78, 5) is 0. The molecule has 106 heavy (non-hydrogen) atoms. The van der Waals surface area contributed by atoms with Gasteiger partial charge in [-0.25, -0.2) is 0 Å². The van der Waals surface area contributed by atoms with Crippen molar-refractivity contribution in [3.8, 4) is 0 Å². The predicted molar refractivity (Wildman–Crippen MR) is 474 cm³/mol. The third-order valence-electron chi connectivity index (χ3n) is 38.1. The van der Waals surface area contributed by atoms with Gasteiger partial charge in [-0.15, -0.1) is 0 Å². The fourth-order valence-corrected chi connectivity index (χ4v) is 50.2. The van der Waals surface area contributed by atoms with E-state index in [0.717, 1.165) is 171 Å². The molecule has 32 atom stereocenters. The Morgan fingerprint density at radius 2 is 0.519 bits per heavy atom. The molecule has 0 amide bonds. The first-order valence-electron chi connectivity index (χ1n) is 45.0. The molecule has 17 aliphatic carbocycles. The van der Waals surface area contributed by atoms with Crippen LogP contribution in [0.2, 0.25) is 72.5 Å². The first-order chi connectivity index (χ1) is 48.1. The molecule has 0 aromatic rings. The van der Waals surface area contributed by atoms with Gasteiger partial charge in [0, 0.05) is 0 Å². The summed E-state index contributed by atoms with van der Waals surface area (Å²) in [6.45, 7) is 32.9. The van der Waals surface area contributed by atoms with Gasteiger partial charge in [0.25, 0.3) is 0 Å². The SMILES string of the molecule is CC(C)C1CC([Si](C)(C)C2CCC3C4CCCCC4CCC32)C2CC3CCCC3CC12.CC(C)C1CC([Si](C)(C)C2CCC3C4CCCCC4CCC32)C2CCCCC12.CCCC(C)C1CC([Si](C)(C)C2CCC3CC4CCCC4CC32)C2CC3CCCC3CC12.[CH3-].[CH3-].[CH3-].[CH3-].[CH3-].[CH3-].[Cl][Zr+2][Cl].[Cl][Zr+2][Cl].[Cl][Zr+2][Cl]. The molecule has 32 unspecified atom stereocenters. The summed E-state index contributed by atoms with van der Waals surface area (Å²) in [7, 11) is 25.9. The van der Waals surface area contributed by atoms with E-state index in [0.29, 0.717) is 0 Å². The summed E-state index contributed by atoms with van der Waals surface area (Å²) in [5.41, 5.74) is 7.04. The van der Waals surface area contributed by atoms with Crippen molar-refractivity contribution >= 4 is 75.3 Å². The summed E-state index contributed by atoms with van der Waals surface area (Å²) in [5.74, 6) is 31.1. The van der Waals surface area contributed by atoms with E-state index >= 15 is 0 Å². The summed E-state index contributed by atoms with van der Waals surface area (Å²) >= 11 is -2.48. The van der Waals surface area contributed by atoms with Crippen molar-refractivity contribution in [2.24, 2.45) is 166 Å². The Hall–Kier alpha value is 5.04. The Morgan fingerprint density at radius 1 is 0.245 bits per heavy atom. The van der Waals surface area contributed by atoms with E-state index in [2.05, 4.69) is 80.8 Å². The van der Waals surface area contributed by atoms with Crippen LogP contribution in [-0.4, -0.2) is 24.2 Å². The van der Waals surface area contributed by atoms with E-state index in [9.17, 15) is 0 Å². The van der Waals surface area contributed by atoms with Gasteiger partial charge in [-0.2, -0.15) is 0 Å². The minimum absolute atomic E-state index is 0. The van der Waals surface area contributed by atoms with Gasteiger partial charge in [-0.1, -0.05) is 235 Å². The number of hydrogen-bond donors (Lipinski definition) is 0. The van der Waals surface area contributed by atoms with Crippen molar-refractivity contribution < 1.29 is 62.5 Å². The van der Waals surface area contributed by atoms with Gasteiger partial charge in [-0.05, 0) is 315 Å². The van der Waals surface area contributed by atoms with E-state index in [-0.39, 0.29) is 44.6 Å². The normalized spacial score (nSPS) is 43.9. The van der Waals surface area contributed by atoms with Crippen LogP contribution in [0.3, 0.4) is 0 Å². The Kier molecular flexibility index (Phi) is 42.6. The van der Waals surface area contributed by atoms with E-state index in [4.69, 9.17) is 51.1 Å². The first kappa shape index (κ1) is 99.9. The van der Waals surface area contributed by atoms with Gasteiger partial charge in [0.05, 0.1) is 24.2 Å². The second kappa shape index (κ2) is 45.3. The zero-order valence-corrected chi connectivity index (χ0v) is 87.5. The van der Waals surface area contributed by atoms with E-state index in [1.165, 1.54) is 47.0 Å². The summed E-state index contributed by atoms with van der Waals surface area (Å²) in [5, 5.41) is 0. The van der Waals surface area contributed by atoms with Crippen LogP contribution in [0.1, 0.15) is 311 Å². The van der Waals surface area contributed by atoms with Gasteiger partial charge in [0.15, 0.2) is 0 Å². The van der Waals surface area contributed by atoms with Gasteiger partial charge >= 0.3 is 114 Å². The summed E-state index contributed by atoms with van der Waals surface area (Å²) in [6.07, 6.45) is 67.1. The molecular weight excluding hydrogens is 1700 g/mol. The van der Waals surface area contributed by atoms with Crippen molar-refractivity contribution in [3.63, 3.8) is 0 Å². The van der Waals surface area contributed by atoms with Crippen LogP contribution in [0, 0.1) is 210 Å². The zero-order valence-electron chi connectivity index (χ0n) is 72.6. The number of rotatable bonds is 11. The molecule has 12 heteroatoms. The molecule has 0 radical (unpaired) electrons. The van der Waals surface area contributed by atoms with Crippen LogP contribution >= 0.6 is 51.1 Å². The van der Waals surface area contributed by atoms with Crippen LogP contribution in [0.5, 0.6) is 0 Å². The number of fused-ring (bicyclic) bond motifs is 13. The molecule has 17 saturated carbocycles. The summed E-state index contributed by atoms with van der Waals surface area (Å²) < 4.78 is 0. The van der Waals surface area contributed by atoms with E-state index in [1.54, 1.807) is 250 Å². The quantitative estimate of drug-likeness (QED) is 0.143. The minimum atomic E-state index is -1.25. The molecule has 0 aromatic heterocycles. The van der Waals surface area contributed by atoms with Crippen molar-refractivity contribution in [2.75, 3.05) is 0 Å². The van der Waals surface area contributed by atoms with Gasteiger partial charge in [0.2, 0.25) is 0 Å². The molecule has 614 valence electrons. The third kappa shape index (κ3) is 21.4. The third-order valence-corrected chi connectivity index (χ3v) is 53.7. The maximum absolute atomic E-state index is 4.93. The van der Waals surface area contributed by atoms with Crippen LogP contribution in [0.4, 0.5) is 0 Å². The molecule has 17 rings (SSSR count). The van der Waals surface area contributed by atoms with E-state index in [1.807, 2.05) is 0 Å². The van der Waals surface area contributed by atoms with E-state index < -0.39 is 86.8 Å². The molecule has 0 saturated heterocycles. The molecule has 0 heterocycles. The zero-order chi connectivity index (χ0) is 70.9. The number of halogens is 6. The van der Waals surface area contributed by atoms with Crippen molar-refractivity contribution in [2.45, 2.75) is 384 Å². The first-order valence-corrected chi connectivity index (χ1v) is 73.5. The van der Waals surface area contributed by atoms with Crippen LogP contribution in [0.25, 0.3) is 0 Å². The van der Waals surface area contributed by atoms with Gasteiger partial charge < -0.3 is 44.6 Å². The average Bonchev–Trinajstić information content (AvgIpc) is 1.59. The predicted octanol–water partition coefficient (Wildman–Crippen LogP) is 34.1. The summed E-state index contributed by atoms with van der Waals surface area (Å²) in [6, 6.07) is 0. The molecule has 0 aromatic carbocycles. The molecule has 0 N–H and O–H groups in total. The number of hydrogen-bond acceptors (Lipinski definition) is 0. The Balaban J connectivity index is 0.000000230. The second-order valence-electron chi connectivity index (χ2n) is 42.7. The topological polar surface area (TPSA) is 0 Å². The fourth-order valence-electron chi connectivity index (χ4n) is 34.1. The molecule has 17 fully saturated rings. The second-order valence-corrected chi connectivity index (χ2v) is 69.3. The van der Waals surface area contributed by atoms with Crippen molar-refractivity contribution in [1.29, 1.82) is 0 Å². The maximum atomic E-state index is 4.93. The van der Waals surface area contributed by atoms with Crippen LogP contribution < -0.4 is 0 Å². The molecule has 0 spiro atoms. The Labute approximate surface area is 723 Å². The van der Waals surface area contributed by atoms with Crippen LogP contribution in [-0.2, 0) is 62.5 Å². The van der Waals surface area contributed by atoms with Gasteiger partial charge in [-0.3, -0.25) is 0 Å². The molecular formula is C94H172Cl6Si3Zr3. The Bertz CT molecular complexity index is 2480. The van der Waals surface area contributed by atoms with Crippen molar-refractivity contribution in [3.05, 3.63) is 44.6 Å². The standard InChI is InChI=1S/C31H54Si.C30H52Si.C27H48Si.6CH3.6ClH.3Zr/c1-5-8-20(2)26-19-31(29-18-24-12-7-11-23(24)17-28(26)29)32(3,4)30-14-13-25-15-21-9-6-10-22(21)16-27(25)30;1-19(2)26-18-30(28-17-22-10-7-9-21(22)16-27(26)28)31(3,4)29-15-14-24-23-11-6-5-8-20(23)12-13-25(24)29;1-18(2)25-17-27(23-12-8-7-11-21(23)25)28(3,4)26-16-15-22-20-10-6-5-9-19(20)13-14-24(22)26;;;;;;;;;;;;;;;/h20-31H,5-19H2,1-4H3;19-30H,5-18H2,1-4H3;18-27H,5-17H2,1-4H3;6*1H3;6*1H;;;/q;;;6*-1;;;;;;;3*+4/p-6. The molecule has 0 bridgehead atoms. The van der Waals surface area contributed by atoms with Gasteiger partial charge in [0.1, 0.15) is 0 Å².